The lowest BCUT2D eigenvalue weighted by atomic mass is 10.2. The van der Waals surface area contributed by atoms with Crippen LogP contribution < -0.4 is 10.2 Å². The summed E-state index contributed by atoms with van der Waals surface area (Å²) in [6.45, 7) is 4.74. The summed E-state index contributed by atoms with van der Waals surface area (Å²) in [7, 11) is 0. The zero-order valence-corrected chi connectivity index (χ0v) is 18.7. The van der Waals surface area contributed by atoms with E-state index in [2.05, 4.69) is 34.3 Å². The first-order valence-electron chi connectivity index (χ1n) is 10.3. The van der Waals surface area contributed by atoms with Crippen LogP contribution in [-0.2, 0) is 6.61 Å². The average molecular weight is 445 g/mol. The molecule has 4 rings (SSSR count). The van der Waals surface area contributed by atoms with Crippen LogP contribution in [0.1, 0.15) is 35.3 Å². The van der Waals surface area contributed by atoms with Crippen LogP contribution in [-0.4, -0.2) is 27.3 Å². The van der Waals surface area contributed by atoms with Crippen LogP contribution in [0.25, 0.3) is 11.0 Å². The van der Waals surface area contributed by atoms with Gasteiger partial charge in [0.05, 0.1) is 17.2 Å². The lowest BCUT2D eigenvalue weighted by Crippen LogP contribution is -2.17. The van der Waals surface area contributed by atoms with Crippen molar-refractivity contribution in [2.24, 2.45) is 5.10 Å². The van der Waals surface area contributed by atoms with Gasteiger partial charge in [-0.1, -0.05) is 55.9 Å². The number of imidazole rings is 1. The second kappa shape index (κ2) is 10.2. The number of thioether (sulfide) groups is 1. The van der Waals surface area contributed by atoms with E-state index in [1.165, 1.54) is 0 Å². The number of amides is 1. The van der Waals surface area contributed by atoms with Crippen LogP contribution >= 0.6 is 11.8 Å². The van der Waals surface area contributed by atoms with Crippen LogP contribution in [0.3, 0.4) is 0 Å². The van der Waals surface area contributed by atoms with Gasteiger partial charge < -0.3 is 9.72 Å². The molecule has 0 radical (unpaired) electrons. The Kier molecular flexibility index (Phi) is 6.87. The van der Waals surface area contributed by atoms with Crippen molar-refractivity contribution in [2.45, 2.75) is 30.9 Å². The predicted molar refractivity (Wildman–Crippen MR) is 129 cm³/mol. The number of carbonyl (C=O) groups excluding carboxylic acids is 1. The molecule has 1 heterocycles. The van der Waals surface area contributed by atoms with Crippen molar-refractivity contribution < 1.29 is 9.53 Å². The molecule has 0 saturated heterocycles. The van der Waals surface area contributed by atoms with Crippen LogP contribution in [0, 0.1) is 0 Å². The van der Waals surface area contributed by atoms with Crippen molar-refractivity contribution in [3.63, 3.8) is 0 Å². The first-order valence-corrected chi connectivity index (χ1v) is 11.2. The molecule has 0 unspecified atom stereocenters. The standard InChI is InChI=1S/C25H24N4O2S/c1-17(2)32-25-27-22-13-10-20(14-23(22)28-25)24(30)29-26-15-18-8-11-21(12-9-18)31-16-19-6-4-3-5-7-19/h3-15,17H,16H2,1-2H3,(H,27,28)(H,29,30)/b26-15-. The van der Waals surface area contributed by atoms with Gasteiger partial charge in [0.2, 0.25) is 0 Å². The van der Waals surface area contributed by atoms with Gasteiger partial charge in [-0.2, -0.15) is 5.10 Å². The van der Waals surface area contributed by atoms with E-state index >= 15 is 0 Å². The molecule has 0 aliphatic heterocycles. The van der Waals surface area contributed by atoms with Crippen LogP contribution in [0.4, 0.5) is 0 Å². The molecule has 4 aromatic rings. The Morgan fingerprint density at radius 2 is 1.91 bits per heavy atom. The molecule has 3 aromatic carbocycles. The van der Waals surface area contributed by atoms with Gasteiger partial charge in [-0.15, -0.1) is 0 Å². The largest absolute Gasteiger partial charge is 0.489 e. The first kappa shape index (κ1) is 21.6. The van der Waals surface area contributed by atoms with E-state index < -0.39 is 0 Å². The fourth-order valence-electron chi connectivity index (χ4n) is 3.03. The smallest absolute Gasteiger partial charge is 0.271 e. The molecule has 0 saturated carbocycles. The number of H-pyrrole nitrogens is 1. The summed E-state index contributed by atoms with van der Waals surface area (Å²) in [6, 6.07) is 22.9. The Morgan fingerprint density at radius 1 is 1.12 bits per heavy atom. The summed E-state index contributed by atoms with van der Waals surface area (Å²) >= 11 is 1.65. The Hall–Kier alpha value is -3.58. The summed E-state index contributed by atoms with van der Waals surface area (Å²) in [4.78, 5) is 20.2. The molecule has 0 fully saturated rings. The van der Waals surface area contributed by atoms with Gasteiger partial charge in [0.15, 0.2) is 5.16 Å². The summed E-state index contributed by atoms with van der Waals surface area (Å²) in [5.41, 5.74) is 6.73. The number of benzene rings is 3. The number of rotatable bonds is 8. The molecule has 1 amide bonds. The van der Waals surface area contributed by atoms with E-state index in [-0.39, 0.29) is 5.91 Å². The lowest BCUT2D eigenvalue weighted by Gasteiger charge is -2.06. The maximum Gasteiger partial charge on any atom is 0.271 e. The third-order valence-corrected chi connectivity index (χ3v) is 5.47. The number of hydrazone groups is 1. The van der Waals surface area contributed by atoms with E-state index in [9.17, 15) is 4.79 Å². The molecule has 32 heavy (non-hydrogen) atoms. The van der Waals surface area contributed by atoms with Crippen molar-refractivity contribution in [1.29, 1.82) is 0 Å². The van der Waals surface area contributed by atoms with Gasteiger partial charge >= 0.3 is 0 Å². The van der Waals surface area contributed by atoms with E-state index in [1.54, 1.807) is 30.1 Å². The number of nitrogens with one attached hydrogen (secondary N) is 2. The highest BCUT2D eigenvalue weighted by Gasteiger charge is 2.09. The van der Waals surface area contributed by atoms with Crippen molar-refractivity contribution in [2.75, 3.05) is 0 Å². The molecule has 0 bridgehead atoms. The van der Waals surface area contributed by atoms with Gasteiger partial charge in [-0.25, -0.2) is 10.4 Å². The maximum absolute atomic E-state index is 12.5. The SMILES string of the molecule is CC(C)Sc1nc2ccc(C(=O)N/N=C\c3ccc(OCc4ccccc4)cc3)cc2[nH]1. The van der Waals surface area contributed by atoms with Crippen molar-refractivity contribution in [3.8, 4) is 5.75 Å². The van der Waals surface area contributed by atoms with Crippen LogP contribution in [0.15, 0.2) is 83.1 Å². The molecule has 0 atom stereocenters. The molecule has 0 aliphatic rings. The number of hydrogen-bond donors (Lipinski definition) is 2. The number of carbonyl (C=O) groups is 1. The topological polar surface area (TPSA) is 79.4 Å². The Bertz CT molecular complexity index is 1220. The van der Waals surface area contributed by atoms with E-state index in [0.717, 1.165) is 33.1 Å². The maximum atomic E-state index is 12.5. The summed E-state index contributed by atoms with van der Waals surface area (Å²) in [5.74, 6) is 0.497. The minimum Gasteiger partial charge on any atom is -0.489 e. The zero-order valence-electron chi connectivity index (χ0n) is 17.9. The molecule has 0 spiro atoms. The lowest BCUT2D eigenvalue weighted by molar-refractivity contribution is 0.0955. The highest BCUT2D eigenvalue weighted by Crippen LogP contribution is 2.23. The average Bonchev–Trinajstić information content (AvgIpc) is 3.20. The fraction of sp³-hybridized carbons (Fsp3) is 0.160. The second-order valence-corrected chi connectivity index (χ2v) is 9.05. The van der Waals surface area contributed by atoms with Gasteiger partial charge in [0, 0.05) is 10.8 Å². The molecule has 0 aliphatic carbocycles. The summed E-state index contributed by atoms with van der Waals surface area (Å²) < 4.78 is 5.78. The minimum atomic E-state index is -0.279. The van der Waals surface area contributed by atoms with Gasteiger partial charge in [0.25, 0.3) is 5.91 Å². The van der Waals surface area contributed by atoms with E-state index in [0.29, 0.717) is 17.4 Å². The molecule has 1 aromatic heterocycles. The van der Waals surface area contributed by atoms with E-state index in [1.807, 2.05) is 60.7 Å². The zero-order chi connectivity index (χ0) is 22.3. The van der Waals surface area contributed by atoms with E-state index in [4.69, 9.17) is 4.74 Å². The number of aromatic amines is 1. The first-order chi connectivity index (χ1) is 15.6. The number of hydrogen-bond acceptors (Lipinski definition) is 5. The molecule has 6 nitrogen and oxygen atoms in total. The number of fused-ring (bicyclic) bond motifs is 1. The number of aromatic nitrogens is 2. The van der Waals surface area contributed by atoms with Crippen molar-refractivity contribution in [3.05, 3.63) is 89.5 Å². The van der Waals surface area contributed by atoms with Crippen molar-refractivity contribution in [1.82, 2.24) is 15.4 Å². The normalized spacial score (nSPS) is 11.3. The Balaban J connectivity index is 1.32. The number of nitrogens with zero attached hydrogens (tertiary/aromatic N) is 2. The molecular formula is C25H24N4O2S. The van der Waals surface area contributed by atoms with Crippen LogP contribution in [0.5, 0.6) is 5.75 Å². The highest BCUT2D eigenvalue weighted by atomic mass is 32.2. The third kappa shape index (κ3) is 5.76. The highest BCUT2D eigenvalue weighted by molar-refractivity contribution is 7.99. The predicted octanol–water partition coefficient (Wildman–Crippen LogP) is 5.41. The summed E-state index contributed by atoms with van der Waals surface area (Å²) in [5, 5.41) is 5.35. The second-order valence-electron chi connectivity index (χ2n) is 7.48. The monoisotopic (exact) mass is 444 g/mol. The Morgan fingerprint density at radius 3 is 2.66 bits per heavy atom. The minimum absolute atomic E-state index is 0.279. The van der Waals surface area contributed by atoms with Gasteiger partial charge in [-0.05, 0) is 53.6 Å². The molecular weight excluding hydrogens is 420 g/mol. The number of ether oxygens (including phenoxy) is 1. The third-order valence-electron chi connectivity index (χ3n) is 4.58. The molecule has 7 heteroatoms. The Labute approximate surface area is 191 Å². The van der Waals surface area contributed by atoms with Gasteiger partial charge in [-0.3, -0.25) is 4.79 Å². The van der Waals surface area contributed by atoms with Crippen molar-refractivity contribution >= 4 is 34.9 Å². The molecule has 162 valence electrons. The van der Waals surface area contributed by atoms with Gasteiger partial charge in [0.1, 0.15) is 12.4 Å². The molecule has 2 N–H and O–H groups in total. The van der Waals surface area contributed by atoms with Crippen LogP contribution in [0.2, 0.25) is 0 Å². The summed E-state index contributed by atoms with van der Waals surface area (Å²) in [6.07, 6.45) is 1.60. The quantitative estimate of drug-likeness (QED) is 0.216. The fourth-order valence-corrected chi connectivity index (χ4v) is 3.79.